The Hall–Kier alpha value is -2.65. The van der Waals surface area contributed by atoms with Gasteiger partial charge in [-0.2, -0.15) is 0 Å². The summed E-state index contributed by atoms with van der Waals surface area (Å²) in [5.41, 5.74) is -1.07. The molecule has 0 saturated carbocycles. The number of rotatable bonds is 4. The lowest BCUT2D eigenvalue weighted by molar-refractivity contribution is -0.114. The molecular formula is C16H12Cl2F2N2O5. The number of methoxy groups -OCH3 is 2. The summed E-state index contributed by atoms with van der Waals surface area (Å²) in [7, 11) is 2.19. The number of amides is 1. The highest BCUT2D eigenvalue weighted by atomic mass is 35.5. The monoisotopic (exact) mass is 420 g/mol. The maximum atomic E-state index is 14.7. The van der Waals surface area contributed by atoms with Crippen molar-refractivity contribution >= 4 is 41.0 Å². The first-order valence-electron chi connectivity index (χ1n) is 7.15. The molecule has 144 valence electrons. The van der Waals surface area contributed by atoms with Crippen LogP contribution in [-0.2, 0) is 9.53 Å². The predicted octanol–water partition coefficient (Wildman–Crippen LogP) is 4.45. The van der Waals surface area contributed by atoms with Crippen LogP contribution in [0.2, 0.25) is 10.0 Å². The molecule has 0 unspecified atom stereocenters. The van der Waals surface area contributed by atoms with Gasteiger partial charge in [-0.1, -0.05) is 23.2 Å². The molecule has 7 nitrogen and oxygen atoms in total. The first-order valence-corrected chi connectivity index (χ1v) is 7.91. The number of carbonyl (C=O) groups excluding carboxylic acids is 2. The average Bonchev–Trinajstić information content (AvgIpc) is 2.58. The Labute approximate surface area is 162 Å². The zero-order chi connectivity index (χ0) is 20.3. The van der Waals surface area contributed by atoms with Crippen LogP contribution in [0.1, 0.15) is 6.92 Å². The molecule has 0 spiro atoms. The fourth-order valence-corrected chi connectivity index (χ4v) is 2.54. The predicted molar refractivity (Wildman–Crippen MR) is 93.5 cm³/mol. The van der Waals surface area contributed by atoms with E-state index in [0.29, 0.717) is 0 Å². The summed E-state index contributed by atoms with van der Waals surface area (Å²) < 4.78 is 43.0. The van der Waals surface area contributed by atoms with Crippen molar-refractivity contribution in [1.29, 1.82) is 0 Å². The van der Waals surface area contributed by atoms with E-state index in [-0.39, 0.29) is 21.4 Å². The van der Waals surface area contributed by atoms with Crippen LogP contribution in [0.5, 0.6) is 11.6 Å². The van der Waals surface area contributed by atoms with E-state index in [9.17, 15) is 18.4 Å². The molecule has 1 N–H and O–H groups in total. The van der Waals surface area contributed by atoms with Gasteiger partial charge in [-0.3, -0.25) is 4.79 Å². The molecule has 2 rings (SSSR count). The van der Waals surface area contributed by atoms with E-state index < -0.39 is 40.9 Å². The van der Waals surface area contributed by atoms with Gasteiger partial charge in [0.2, 0.25) is 11.8 Å². The van der Waals surface area contributed by atoms with Crippen molar-refractivity contribution < 1.29 is 32.6 Å². The SMILES string of the molecule is COC(=O)Oc1nc(-c2c(F)cc(Cl)c(OC)c2F)cc(NC(C)=O)c1Cl. The van der Waals surface area contributed by atoms with Gasteiger partial charge in [0.25, 0.3) is 0 Å². The molecule has 0 radical (unpaired) electrons. The highest BCUT2D eigenvalue weighted by molar-refractivity contribution is 6.35. The second kappa shape index (κ2) is 8.36. The Morgan fingerprint density at radius 2 is 1.85 bits per heavy atom. The zero-order valence-corrected chi connectivity index (χ0v) is 15.7. The molecule has 1 aromatic heterocycles. The van der Waals surface area contributed by atoms with E-state index in [4.69, 9.17) is 32.7 Å². The Balaban J connectivity index is 2.75. The number of hydrogen-bond acceptors (Lipinski definition) is 6. The number of ether oxygens (including phenoxy) is 3. The molecule has 27 heavy (non-hydrogen) atoms. The fraction of sp³-hybridized carbons (Fsp3) is 0.188. The highest BCUT2D eigenvalue weighted by Crippen LogP contribution is 2.40. The highest BCUT2D eigenvalue weighted by Gasteiger charge is 2.24. The number of hydrogen-bond donors (Lipinski definition) is 1. The summed E-state index contributed by atoms with van der Waals surface area (Å²) in [4.78, 5) is 26.6. The minimum Gasteiger partial charge on any atom is -0.492 e. The van der Waals surface area contributed by atoms with Crippen molar-refractivity contribution in [2.45, 2.75) is 6.92 Å². The van der Waals surface area contributed by atoms with Gasteiger partial charge in [-0.15, -0.1) is 0 Å². The smallest absolute Gasteiger partial charge is 0.492 e. The topological polar surface area (TPSA) is 86.8 Å². The molecule has 0 aliphatic heterocycles. The van der Waals surface area contributed by atoms with Crippen LogP contribution in [0.25, 0.3) is 11.3 Å². The molecular weight excluding hydrogens is 409 g/mol. The van der Waals surface area contributed by atoms with Crippen molar-refractivity contribution in [2.24, 2.45) is 0 Å². The normalized spacial score (nSPS) is 10.3. The maximum absolute atomic E-state index is 14.7. The first kappa shape index (κ1) is 20.7. The van der Waals surface area contributed by atoms with Crippen molar-refractivity contribution in [1.82, 2.24) is 4.98 Å². The number of carbonyl (C=O) groups is 2. The fourth-order valence-electron chi connectivity index (χ4n) is 2.10. The molecule has 2 aromatic rings. The number of anilines is 1. The van der Waals surface area contributed by atoms with E-state index in [2.05, 4.69) is 15.0 Å². The lowest BCUT2D eigenvalue weighted by Crippen LogP contribution is -2.12. The molecule has 11 heteroatoms. The van der Waals surface area contributed by atoms with Crippen LogP contribution in [0.4, 0.5) is 19.3 Å². The lowest BCUT2D eigenvalue weighted by atomic mass is 10.1. The number of nitrogens with zero attached hydrogens (tertiary/aromatic N) is 1. The standard InChI is InChI=1S/C16H12Cl2F2N2O5/c1-6(23)21-10-5-9(22-15(12(10)18)27-16(24)26-3)11-8(19)4-7(17)14(25-2)13(11)20/h4-5H,1-3H3,(H,21,22,23). The minimum atomic E-state index is -1.18. The van der Waals surface area contributed by atoms with Crippen LogP contribution >= 0.6 is 23.2 Å². The number of pyridine rings is 1. The molecule has 0 bridgehead atoms. The van der Waals surface area contributed by atoms with E-state index in [1.165, 1.54) is 6.92 Å². The Bertz CT molecular complexity index is 924. The summed E-state index contributed by atoms with van der Waals surface area (Å²) in [5.74, 6) is -3.69. The molecule has 1 heterocycles. The molecule has 0 atom stereocenters. The van der Waals surface area contributed by atoms with Gasteiger partial charge < -0.3 is 19.5 Å². The third-order valence-corrected chi connectivity index (χ3v) is 3.82. The van der Waals surface area contributed by atoms with E-state index in [1.807, 2.05) is 0 Å². The van der Waals surface area contributed by atoms with E-state index in [0.717, 1.165) is 26.4 Å². The van der Waals surface area contributed by atoms with Gasteiger partial charge in [-0.25, -0.2) is 18.6 Å². The van der Waals surface area contributed by atoms with Crippen LogP contribution in [0.15, 0.2) is 12.1 Å². The van der Waals surface area contributed by atoms with Crippen molar-refractivity contribution in [2.75, 3.05) is 19.5 Å². The molecule has 1 amide bonds. The van der Waals surface area contributed by atoms with Gasteiger partial charge in [0.1, 0.15) is 10.8 Å². The van der Waals surface area contributed by atoms with Gasteiger partial charge in [0.05, 0.1) is 36.2 Å². The zero-order valence-electron chi connectivity index (χ0n) is 14.2. The second-order valence-corrected chi connectivity index (χ2v) is 5.76. The third-order valence-electron chi connectivity index (χ3n) is 3.17. The van der Waals surface area contributed by atoms with E-state index >= 15 is 0 Å². The van der Waals surface area contributed by atoms with Crippen LogP contribution < -0.4 is 14.8 Å². The van der Waals surface area contributed by atoms with Crippen molar-refractivity contribution in [3.63, 3.8) is 0 Å². The minimum absolute atomic E-state index is 0.0965. The van der Waals surface area contributed by atoms with Gasteiger partial charge in [0.15, 0.2) is 11.6 Å². The Morgan fingerprint density at radius 3 is 2.41 bits per heavy atom. The summed E-state index contributed by atoms with van der Waals surface area (Å²) in [6.07, 6.45) is -1.18. The van der Waals surface area contributed by atoms with Crippen LogP contribution in [0.3, 0.4) is 0 Å². The lowest BCUT2D eigenvalue weighted by Gasteiger charge is -2.14. The number of halogens is 4. The maximum Gasteiger partial charge on any atom is 0.514 e. The van der Waals surface area contributed by atoms with Crippen LogP contribution in [-0.4, -0.2) is 31.3 Å². The van der Waals surface area contributed by atoms with Crippen LogP contribution in [0, 0.1) is 11.6 Å². The van der Waals surface area contributed by atoms with Crippen molar-refractivity contribution in [3.05, 3.63) is 33.8 Å². The van der Waals surface area contributed by atoms with E-state index in [1.54, 1.807) is 0 Å². The summed E-state index contributed by atoms with van der Waals surface area (Å²) in [5, 5.41) is 1.78. The van der Waals surface area contributed by atoms with Gasteiger partial charge in [-0.05, 0) is 12.1 Å². The molecule has 0 aliphatic rings. The second-order valence-electron chi connectivity index (χ2n) is 4.97. The average molecular weight is 421 g/mol. The largest absolute Gasteiger partial charge is 0.514 e. The third kappa shape index (κ3) is 4.37. The number of aromatic nitrogens is 1. The molecule has 0 saturated heterocycles. The first-order chi connectivity index (χ1) is 12.7. The molecule has 0 fully saturated rings. The quantitative estimate of drug-likeness (QED) is 0.735. The Morgan fingerprint density at radius 1 is 1.19 bits per heavy atom. The van der Waals surface area contributed by atoms with Gasteiger partial charge in [0, 0.05) is 6.92 Å². The summed E-state index contributed by atoms with van der Waals surface area (Å²) in [6.45, 7) is 1.18. The Kier molecular flexibility index (Phi) is 6.40. The summed E-state index contributed by atoms with van der Waals surface area (Å²) >= 11 is 11.8. The number of benzene rings is 1. The molecule has 0 aliphatic carbocycles. The summed E-state index contributed by atoms with van der Waals surface area (Å²) in [6, 6.07) is 1.93. The molecule has 1 aromatic carbocycles. The van der Waals surface area contributed by atoms with Gasteiger partial charge >= 0.3 is 6.16 Å². The number of nitrogens with one attached hydrogen (secondary N) is 1. The van der Waals surface area contributed by atoms with Crippen molar-refractivity contribution in [3.8, 4) is 22.9 Å².